The van der Waals surface area contributed by atoms with Crippen molar-refractivity contribution in [3.63, 3.8) is 0 Å². The van der Waals surface area contributed by atoms with Crippen LogP contribution in [-0.2, 0) is 24.3 Å². The molecule has 2 heterocycles. The second kappa shape index (κ2) is 8.41. The molecular weight excluding hydrogens is 472 g/mol. The molecule has 0 atom stereocenters. The Kier molecular flexibility index (Phi) is 6.16. The summed E-state index contributed by atoms with van der Waals surface area (Å²) in [5, 5.41) is 0. The van der Waals surface area contributed by atoms with Crippen molar-refractivity contribution in [2.75, 3.05) is 17.9 Å². The summed E-state index contributed by atoms with van der Waals surface area (Å²) in [6.07, 6.45) is 0.880. The van der Waals surface area contributed by atoms with E-state index in [2.05, 4.69) is 20.7 Å². The Morgan fingerprint density at radius 2 is 1.96 bits per heavy atom. The average molecular weight is 487 g/mol. The van der Waals surface area contributed by atoms with E-state index in [0.29, 0.717) is 23.2 Å². The molecule has 0 bridgehead atoms. The van der Waals surface area contributed by atoms with Crippen LogP contribution >= 0.6 is 27.3 Å². The SMILES string of the molecule is O=C(OCC(=O)N1CCCC1=O)c1ccccc1NS(=O)(=O)c1ccc(Br)s1. The summed E-state index contributed by atoms with van der Waals surface area (Å²) in [5.74, 6) is -1.76. The molecule has 1 fully saturated rings. The molecule has 1 saturated heterocycles. The van der Waals surface area contributed by atoms with Crippen LogP contribution in [0.25, 0.3) is 0 Å². The minimum Gasteiger partial charge on any atom is -0.452 e. The lowest BCUT2D eigenvalue weighted by Crippen LogP contribution is -2.35. The van der Waals surface area contributed by atoms with Gasteiger partial charge in [0.05, 0.1) is 15.0 Å². The van der Waals surface area contributed by atoms with E-state index in [9.17, 15) is 22.8 Å². The molecule has 28 heavy (non-hydrogen) atoms. The average Bonchev–Trinajstić information content (AvgIpc) is 3.28. The quantitative estimate of drug-likeness (QED) is 0.628. The zero-order chi connectivity index (χ0) is 20.3. The van der Waals surface area contributed by atoms with Crippen LogP contribution in [0.2, 0.25) is 0 Å². The second-order valence-corrected chi connectivity index (χ2v) is 10.2. The molecule has 0 unspecified atom stereocenters. The van der Waals surface area contributed by atoms with Gasteiger partial charge in [-0.2, -0.15) is 0 Å². The highest BCUT2D eigenvalue weighted by molar-refractivity contribution is 9.11. The summed E-state index contributed by atoms with van der Waals surface area (Å²) in [7, 11) is -3.89. The molecule has 0 saturated carbocycles. The smallest absolute Gasteiger partial charge is 0.340 e. The molecule has 2 amide bonds. The Hall–Kier alpha value is -2.24. The van der Waals surface area contributed by atoms with Crippen LogP contribution in [0.1, 0.15) is 23.2 Å². The summed E-state index contributed by atoms with van der Waals surface area (Å²) in [6.45, 7) is -0.286. The first-order chi connectivity index (χ1) is 13.3. The number of esters is 1. The van der Waals surface area contributed by atoms with Crippen LogP contribution in [-0.4, -0.2) is 44.3 Å². The van der Waals surface area contributed by atoms with Crippen molar-refractivity contribution in [1.29, 1.82) is 0 Å². The Balaban J connectivity index is 1.72. The number of rotatable bonds is 6. The molecule has 1 aromatic heterocycles. The fraction of sp³-hybridized carbons (Fsp3) is 0.235. The fourth-order valence-corrected chi connectivity index (χ4v) is 5.67. The number of hydrogen-bond acceptors (Lipinski definition) is 7. The molecule has 148 valence electrons. The normalized spacial score (nSPS) is 14.2. The third-order valence-electron chi connectivity index (χ3n) is 3.91. The molecule has 0 spiro atoms. The van der Waals surface area contributed by atoms with Gasteiger partial charge in [-0.3, -0.25) is 19.2 Å². The van der Waals surface area contributed by atoms with Crippen LogP contribution in [0, 0.1) is 0 Å². The third kappa shape index (κ3) is 4.59. The molecule has 1 aromatic carbocycles. The summed E-state index contributed by atoms with van der Waals surface area (Å²) in [6, 6.07) is 8.95. The number of hydrogen-bond donors (Lipinski definition) is 1. The molecular formula is C17H15BrN2O6S2. The van der Waals surface area contributed by atoms with E-state index in [1.165, 1.54) is 18.2 Å². The maximum atomic E-state index is 12.5. The lowest BCUT2D eigenvalue weighted by atomic mass is 10.2. The molecule has 1 N–H and O–H groups in total. The van der Waals surface area contributed by atoms with Gasteiger partial charge in [-0.25, -0.2) is 13.2 Å². The highest BCUT2D eigenvalue weighted by Crippen LogP contribution is 2.28. The van der Waals surface area contributed by atoms with Crippen molar-refractivity contribution in [3.05, 3.63) is 45.7 Å². The fourth-order valence-electron chi connectivity index (χ4n) is 2.58. The summed E-state index contributed by atoms with van der Waals surface area (Å²) in [5.41, 5.74) is -0.0102. The maximum Gasteiger partial charge on any atom is 0.340 e. The second-order valence-electron chi connectivity index (χ2n) is 5.83. The first-order valence-electron chi connectivity index (χ1n) is 8.15. The Morgan fingerprint density at radius 1 is 1.21 bits per heavy atom. The highest BCUT2D eigenvalue weighted by atomic mass is 79.9. The predicted molar refractivity (Wildman–Crippen MR) is 106 cm³/mol. The van der Waals surface area contributed by atoms with Crippen molar-refractivity contribution in [2.24, 2.45) is 0 Å². The number of carbonyl (C=O) groups excluding carboxylic acids is 3. The Bertz CT molecular complexity index is 1030. The number of thiophene rings is 1. The van der Waals surface area contributed by atoms with Gasteiger partial charge >= 0.3 is 5.97 Å². The summed E-state index contributed by atoms with van der Waals surface area (Å²) >= 11 is 4.23. The van der Waals surface area contributed by atoms with Gasteiger partial charge in [-0.1, -0.05) is 12.1 Å². The number of nitrogens with zero attached hydrogens (tertiary/aromatic N) is 1. The number of ether oxygens (including phenoxy) is 1. The zero-order valence-corrected chi connectivity index (χ0v) is 17.6. The molecule has 3 rings (SSSR count). The van der Waals surface area contributed by atoms with E-state index in [4.69, 9.17) is 4.74 Å². The van der Waals surface area contributed by atoms with Gasteiger partial charge in [0.25, 0.3) is 15.9 Å². The van der Waals surface area contributed by atoms with Crippen molar-refractivity contribution < 1.29 is 27.5 Å². The largest absolute Gasteiger partial charge is 0.452 e. The molecule has 11 heteroatoms. The lowest BCUT2D eigenvalue weighted by Gasteiger charge is -2.14. The molecule has 2 aromatic rings. The standard InChI is InChI=1S/C17H15BrN2O6S2/c18-13-7-8-16(27-13)28(24,25)19-12-5-2-1-4-11(12)17(23)26-10-15(22)20-9-3-6-14(20)21/h1-2,4-5,7-8,19H,3,6,9-10H2. The van der Waals surface area contributed by atoms with E-state index < -0.39 is 28.5 Å². The number of anilines is 1. The first-order valence-corrected chi connectivity index (χ1v) is 11.2. The van der Waals surface area contributed by atoms with Gasteiger partial charge in [0.1, 0.15) is 4.21 Å². The van der Waals surface area contributed by atoms with E-state index in [1.54, 1.807) is 18.2 Å². The van der Waals surface area contributed by atoms with Gasteiger partial charge in [-0.05, 0) is 46.6 Å². The molecule has 0 radical (unpaired) electrons. The first kappa shape index (κ1) is 20.5. The van der Waals surface area contributed by atoms with E-state index in [0.717, 1.165) is 16.2 Å². The van der Waals surface area contributed by atoms with Crippen LogP contribution in [0.3, 0.4) is 0 Å². The van der Waals surface area contributed by atoms with Gasteiger partial charge in [0, 0.05) is 13.0 Å². The summed E-state index contributed by atoms with van der Waals surface area (Å²) in [4.78, 5) is 37.0. The molecule has 1 aliphatic heterocycles. The van der Waals surface area contributed by atoms with Crippen LogP contribution in [0.15, 0.2) is 44.4 Å². The predicted octanol–water partition coefficient (Wildman–Crippen LogP) is 2.62. The monoisotopic (exact) mass is 486 g/mol. The van der Waals surface area contributed by atoms with Crippen molar-refractivity contribution in [3.8, 4) is 0 Å². The number of nitrogens with one attached hydrogen (secondary N) is 1. The number of para-hydroxylation sites is 1. The number of amides is 2. The molecule has 1 aliphatic rings. The third-order valence-corrected chi connectivity index (χ3v) is 7.39. The van der Waals surface area contributed by atoms with Crippen molar-refractivity contribution in [2.45, 2.75) is 17.1 Å². The number of benzene rings is 1. The van der Waals surface area contributed by atoms with Crippen LogP contribution < -0.4 is 4.72 Å². The van der Waals surface area contributed by atoms with Gasteiger partial charge in [0.2, 0.25) is 5.91 Å². The van der Waals surface area contributed by atoms with Gasteiger partial charge in [-0.15, -0.1) is 11.3 Å². The Morgan fingerprint density at radius 3 is 2.61 bits per heavy atom. The number of sulfonamides is 1. The number of likely N-dealkylation sites (tertiary alicyclic amines) is 1. The molecule has 0 aliphatic carbocycles. The number of halogens is 1. The molecule has 8 nitrogen and oxygen atoms in total. The van der Waals surface area contributed by atoms with Gasteiger partial charge in [0.15, 0.2) is 6.61 Å². The number of imide groups is 1. The number of carbonyl (C=O) groups is 3. The van der Waals surface area contributed by atoms with Gasteiger partial charge < -0.3 is 4.74 Å². The Labute approximate surface area is 173 Å². The van der Waals surface area contributed by atoms with E-state index in [-0.39, 0.29) is 21.4 Å². The van der Waals surface area contributed by atoms with Crippen LogP contribution in [0.4, 0.5) is 5.69 Å². The van der Waals surface area contributed by atoms with Crippen LogP contribution in [0.5, 0.6) is 0 Å². The topological polar surface area (TPSA) is 110 Å². The summed E-state index contributed by atoms with van der Waals surface area (Å²) < 4.78 is 33.1. The lowest BCUT2D eigenvalue weighted by molar-refractivity contribution is -0.143. The van der Waals surface area contributed by atoms with E-state index in [1.807, 2.05) is 0 Å². The minimum atomic E-state index is -3.89. The van der Waals surface area contributed by atoms with E-state index >= 15 is 0 Å². The minimum absolute atomic E-state index is 0.0294. The van der Waals surface area contributed by atoms with Crippen molar-refractivity contribution in [1.82, 2.24) is 4.90 Å². The zero-order valence-electron chi connectivity index (χ0n) is 14.4. The maximum absolute atomic E-state index is 12.5. The highest BCUT2D eigenvalue weighted by Gasteiger charge is 2.27. The van der Waals surface area contributed by atoms with Crippen molar-refractivity contribution >= 4 is 60.8 Å².